The molecule has 1 amide bonds. The van der Waals surface area contributed by atoms with Crippen LogP contribution >= 0.6 is 11.6 Å². The fourth-order valence-corrected chi connectivity index (χ4v) is 3.10. The maximum absolute atomic E-state index is 12.9. The van der Waals surface area contributed by atoms with Gasteiger partial charge in [0.05, 0.1) is 5.54 Å². The molecule has 1 heterocycles. The molecule has 0 bridgehead atoms. The van der Waals surface area contributed by atoms with Crippen LogP contribution in [0.5, 0.6) is 0 Å². The lowest BCUT2D eigenvalue weighted by atomic mass is 9.92. The van der Waals surface area contributed by atoms with Crippen LogP contribution in [0.1, 0.15) is 38.7 Å². The number of hydrogen-bond donors (Lipinski definition) is 1. The molecular weight excluding hydrogens is 272 g/mol. The van der Waals surface area contributed by atoms with E-state index in [-0.39, 0.29) is 11.4 Å². The molecule has 2 rings (SSSR count). The van der Waals surface area contributed by atoms with Crippen molar-refractivity contribution in [3.63, 3.8) is 0 Å². The van der Waals surface area contributed by atoms with Crippen molar-refractivity contribution in [1.82, 2.24) is 10.2 Å². The Bertz CT molecular complexity index is 469. The van der Waals surface area contributed by atoms with E-state index in [0.29, 0.717) is 13.1 Å². The number of rotatable bonds is 5. The van der Waals surface area contributed by atoms with Crippen molar-refractivity contribution in [3.8, 4) is 0 Å². The molecule has 20 heavy (non-hydrogen) atoms. The average Bonchev–Trinajstić information content (AvgIpc) is 2.96. The highest BCUT2D eigenvalue weighted by molar-refractivity contribution is 6.31. The van der Waals surface area contributed by atoms with Crippen molar-refractivity contribution in [2.45, 2.75) is 45.2 Å². The molecule has 1 N–H and O–H groups in total. The highest BCUT2D eigenvalue weighted by atomic mass is 35.5. The van der Waals surface area contributed by atoms with Crippen LogP contribution in [0.2, 0.25) is 5.02 Å². The second kappa shape index (κ2) is 6.59. The van der Waals surface area contributed by atoms with Gasteiger partial charge in [-0.3, -0.25) is 4.79 Å². The molecule has 1 unspecified atom stereocenters. The summed E-state index contributed by atoms with van der Waals surface area (Å²) in [5, 5.41) is 4.14. The van der Waals surface area contributed by atoms with Crippen LogP contribution in [0.25, 0.3) is 0 Å². The Morgan fingerprint density at radius 3 is 2.70 bits per heavy atom. The van der Waals surface area contributed by atoms with E-state index in [9.17, 15) is 4.79 Å². The van der Waals surface area contributed by atoms with E-state index in [1.54, 1.807) is 0 Å². The Balaban J connectivity index is 2.16. The number of nitrogens with one attached hydrogen (secondary N) is 1. The first-order chi connectivity index (χ1) is 9.63. The summed E-state index contributed by atoms with van der Waals surface area (Å²) >= 11 is 6.20. The van der Waals surface area contributed by atoms with Crippen LogP contribution < -0.4 is 5.32 Å². The number of carbonyl (C=O) groups excluding carboxylic acids is 1. The highest BCUT2D eigenvalue weighted by Gasteiger charge is 2.41. The number of nitrogens with zero attached hydrogens (tertiary/aromatic N) is 1. The van der Waals surface area contributed by atoms with E-state index in [2.05, 4.69) is 12.2 Å². The summed E-state index contributed by atoms with van der Waals surface area (Å²) in [6.45, 7) is 6.32. The van der Waals surface area contributed by atoms with Gasteiger partial charge in [-0.2, -0.15) is 0 Å². The number of likely N-dealkylation sites (N-methyl/N-ethyl adjacent to an activating group) is 1. The van der Waals surface area contributed by atoms with E-state index in [1.165, 1.54) is 0 Å². The van der Waals surface area contributed by atoms with Crippen LogP contribution in [0.15, 0.2) is 24.3 Å². The molecule has 1 aromatic rings. The first-order valence-corrected chi connectivity index (χ1v) is 7.78. The number of halogens is 1. The first kappa shape index (κ1) is 15.3. The molecule has 1 aromatic carbocycles. The van der Waals surface area contributed by atoms with Crippen molar-refractivity contribution in [1.29, 1.82) is 0 Å². The van der Waals surface area contributed by atoms with Crippen molar-refractivity contribution >= 4 is 17.5 Å². The summed E-state index contributed by atoms with van der Waals surface area (Å²) in [7, 11) is 0. The summed E-state index contributed by atoms with van der Waals surface area (Å²) in [6, 6.07) is 7.73. The van der Waals surface area contributed by atoms with E-state index in [4.69, 9.17) is 11.6 Å². The van der Waals surface area contributed by atoms with Gasteiger partial charge in [-0.05, 0) is 44.4 Å². The minimum absolute atomic E-state index is 0.208. The Kier molecular flexibility index (Phi) is 5.06. The minimum atomic E-state index is -0.364. The first-order valence-electron chi connectivity index (χ1n) is 7.40. The Morgan fingerprint density at radius 2 is 2.15 bits per heavy atom. The highest BCUT2D eigenvalue weighted by Crippen LogP contribution is 2.27. The van der Waals surface area contributed by atoms with Crippen LogP contribution in [-0.4, -0.2) is 29.4 Å². The molecule has 110 valence electrons. The van der Waals surface area contributed by atoms with Gasteiger partial charge < -0.3 is 10.2 Å². The van der Waals surface area contributed by atoms with Gasteiger partial charge in [0.15, 0.2) is 0 Å². The number of carbonyl (C=O) groups is 1. The third-order valence-electron chi connectivity index (χ3n) is 4.24. The van der Waals surface area contributed by atoms with Gasteiger partial charge >= 0.3 is 0 Å². The standard InChI is InChI=1S/C16H23ClN2O/c1-3-16(10-7-11-18-16)15(20)19(4-2)12-13-8-5-6-9-14(13)17/h5-6,8-9,18H,3-4,7,10-12H2,1-2H3. The predicted octanol–water partition coefficient (Wildman–Crippen LogP) is 3.22. The average molecular weight is 295 g/mol. The third kappa shape index (κ3) is 2.99. The Hall–Kier alpha value is -1.06. The van der Waals surface area contributed by atoms with Gasteiger partial charge in [0.25, 0.3) is 0 Å². The molecule has 0 radical (unpaired) electrons. The van der Waals surface area contributed by atoms with Crippen LogP contribution in [0, 0.1) is 0 Å². The summed E-state index contributed by atoms with van der Waals surface area (Å²) in [5.74, 6) is 0.208. The fourth-order valence-electron chi connectivity index (χ4n) is 2.90. The zero-order chi connectivity index (χ0) is 14.6. The molecule has 3 nitrogen and oxygen atoms in total. The zero-order valence-corrected chi connectivity index (χ0v) is 13.0. The quantitative estimate of drug-likeness (QED) is 0.904. The van der Waals surface area contributed by atoms with E-state index < -0.39 is 0 Å². The summed E-state index contributed by atoms with van der Waals surface area (Å²) in [6.07, 6.45) is 2.84. The lowest BCUT2D eigenvalue weighted by Gasteiger charge is -2.33. The fraction of sp³-hybridized carbons (Fsp3) is 0.562. The smallest absolute Gasteiger partial charge is 0.243 e. The van der Waals surface area contributed by atoms with Crippen LogP contribution in [0.4, 0.5) is 0 Å². The monoisotopic (exact) mass is 294 g/mol. The lowest BCUT2D eigenvalue weighted by Crippen LogP contribution is -2.54. The topological polar surface area (TPSA) is 32.3 Å². The minimum Gasteiger partial charge on any atom is -0.337 e. The maximum Gasteiger partial charge on any atom is 0.243 e. The summed E-state index contributed by atoms with van der Waals surface area (Å²) < 4.78 is 0. The molecule has 0 spiro atoms. The van der Waals surface area contributed by atoms with Crippen molar-refractivity contribution < 1.29 is 4.79 Å². The number of hydrogen-bond acceptors (Lipinski definition) is 2. The molecule has 1 fully saturated rings. The third-order valence-corrected chi connectivity index (χ3v) is 4.61. The van der Waals surface area contributed by atoms with Crippen LogP contribution in [0.3, 0.4) is 0 Å². The maximum atomic E-state index is 12.9. The van der Waals surface area contributed by atoms with E-state index in [1.807, 2.05) is 36.1 Å². The summed E-state index contributed by atoms with van der Waals surface area (Å²) in [4.78, 5) is 14.8. The molecule has 1 aliphatic heterocycles. The van der Waals surface area contributed by atoms with Gasteiger partial charge in [-0.1, -0.05) is 36.7 Å². The Morgan fingerprint density at radius 1 is 1.40 bits per heavy atom. The number of amides is 1. The van der Waals surface area contributed by atoms with Crippen molar-refractivity contribution in [2.75, 3.05) is 13.1 Å². The SMILES string of the molecule is CCN(Cc1ccccc1Cl)C(=O)C1(CC)CCCN1. The molecule has 0 saturated carbocycles. The zero-order valence-electron chi connectivity index (χ0n) is 12.3. The van der Waals surface area contributed by atoms with Gasteiger partial charge in [-0.15, -0.1) is 0 Å². The molecule has 1 atom stereocenters. The number of benzene rings is 1. The van der Waals surface area contributed by atoms with E-state index >= 15 is 0 Å². The lowest BCUT2D eigenvalue weighted by molar-refractivity contribution is -0.138. The normalized spacial score (nSPS) is 21.9. The molecule has 1 aliphatic rings. The predicted molar refractivity (Wildman–Crippen MR) is 82.8 cm³/mol. The van der Waals surface area contributed by atoms with Gasteiger partial charge in [0.1, 0.15) is 0 Å². The van der Waals surface area contributed by atoms with Crippen molar-refractivity contribution in [3.05, 3.63) is 34.9 Å². The molecule has 4 heteroatoms. The Labute approximate surface area is 126 Å². The van der Waals surface area contributed by atoms with Gasteiger partial charge in [0, 0.05) is 18.1 Å². The summed E-state index contributed by atoms with van der Waals surface area (Å²) in [5.41, 5.74) is 0.644. The molecular formula is C16H23ClN2O. The van der Waals surface area contributed by atoms with Crippen molar-refractivity contribution in [2.24, 2.45) is 0 Å². The second-order valence-corrected chi connectivity index (χ2v) is 5.78. The van der Waals surface area contributed by atoms with Crippen LogP contribution in [-0.2, 0) is 11.3 Å². The van der Waals surface area contributed by atoms with Gasteiger partial charge in [0.2, 0.25) is 5.91 Å². The molecule has 0 aromatic heterocycles. The molecule has 0 aliphatic carbocycles. The molecule has 1 saturated heterocycles. The largest absolute Gasteiger partial charge is 0.337 e. The van der Waals surface area contributed by atoms with Gasteiger partial charge in [-0.25, -0.2) is 0 Å². The van der Waals surface area contributed by atoms with E-state index in [0.717, 1.165) is 36.4 Å². The second-order valence-electron chi connectivity index (χ2n) is 5.38.